The van der Waals surface area contributed by atoms with Crippen LogP contribution in [0.5, 0.6) is 11.5 Å². The maximum atomic E-state index is 11.7. The predicted octanol–water partition coefficient (Wildman–Crippen LogP) is 3.21. The van der Waals surface area contributed by atoms with E-state index in [9.17, 15) is 8.42 Å². The highest BCUT2D eigenvalue weighted by molar-refractivity contribution is 7.88. The van der Waals surface area contributed by atoms with Gasteiger partial charge in [0.15, 0.2) is 11.5 Å². The minimum absolute atomic E-state index is 0.0710. The van der Waals surface area contributed by atoms with E-state index in [1.165, 1.54) is 23.4 Å². The molecule has 2 aromatic rings. The molecule has 8 nitrogen and oxygen atoms in total. The smallest absolute Gasteiger partial charge is 0.230 e. The number of piperidine rings is 1. The van der Waals surface area contributed by atoms with Crippen molar-refractivity contribution >= 4 is 10.0 Å². The van der Waals surface area contributed by atoms with E-state index < -0.39 is 10.0 Å². The van der Waals surface area contributed by atoms with Gasteiger partial charge < -0.3 is 14.0 Å². The summed E-state index contributed by atoms with van der Waals surface area (Å²) in [7, 11) is -1.52. The van der Waals surface area contributed by atoms with Gasteiger partial charge in [0, 0.05) is 24.6 Å². The summed E-state index contributed by atoms with van der Waals surface area (Å²) in [6.45, 7) is 0.951. The molecule has 4 rings (SSSR count). The number of sulfonamides is 1. The first kappa shape index (κ1) is 20.2. The Hall–Kier alpha value is -2.13. The maximum Gasteiger partial charge on any atom is 0.230 e. The highest BCUT2D eigenvalue weighted by atomic mass is 32.2. The third kappa shape index (κ3) is 4.56. The van der Waals surface area contributed by atoms with E-state index in [0.29, 0.717) is 49.1 Å². The zero-order chi connectivity index (χ0) is 20.4. The van der Waals surface area contributed by atoms with Gasteiger partial charge in [0.25, 0.3) is 0 Å². The molecule has 2 heterocycles. The number of methoxy groups -OCH3 is 1. The van der Waals surface area contributed by atoms with Crippen LogP contribution in [0.2, 0.25) is 0 Å². The predicted molar refractivity (Wildman–Crippen MR) is 108 cm³/mol. The van der Waals surface area contributed by atoms with E-state index >= 15 is 0 Å². The molecule has 0 N–H and O–H groups in total. The molecule has 1 saturated carbocycles. The fourth-order valence-corrected chi connectivity index (χ4v) is 4.92. The van der Waals surface area contributed by atoms with Crippen LogP contribution in [0.15, 0.2) is 22.7 Å². The number of benzene rings is 1. The molecule has 0 radical (unpaired) electrons. The van der Waals surface area contributed by atoms with Crippen LogP contribution in [-0.2, 0) is 10.0 Å². The number of rotatable bonds is 6. The van der Waals surface area contributed by atoms with Crippen molar-refractivity contribution in [1.82, 2.24) is 14.4 Å². The van der Waals surface area contributed by atoms with Crippen LogP contribution in [0.3, 0.4) is 0 Å². The van der Waals surface area contributed by atoms with Gasteiger partial charge in [0.05, 0.1) is 19.5 Å². The van der Waals surface area contributed by atoms with E-state index in [0.717, 1.165) is 18.4 Å². The molecule has 1 aromatic carbocycles. The normalized spacial score (nSPS) is 19.5. The standard InChI is InChI=1S/C20H27N3O5S/c1-26-17-8-7-15(13-18(17)27-16-5-3-4-6-16)19-21-20(28-22-19)14-9-11-23(12-10-14)29(2,24)25/h7-8,13-14,16H,3-6,9-12H2,1-2H3. The molecule has 29 heavy (non-hydrogen) atoms. The minimum atomic E-state index is -3.15. The van der Waals surface area contributed by atoms with Crippen LogP contribution in [0.1, 0.15) is 50.3 Å². The lowest BCUT2D eigenvalue weighted by atomic mass is 9.98. The van der Waals surface area contributed by atoms with Gasteiger partial charge in [0.1, 0.15) is 0 Å². The van der Waals surface area contributed by atoms with Gasteiger partial charge in [-0.3, -0.25) is 0 Å². The van der Waals surface area contributed by atoms with Gasteiger partial charge in [0.2, 0.25) is 21.7 Å². The quantitative estimate of drug-likeness (QED) is 0.707. The topological polar surface area (TPSA) is 94.8 Å². The van der Waals surface area contributed by atoms with Crippen LogP contribution in [0, 0.1) is 0 Å². The highest BCUT2D eigenvalue weighted by Gasteiger charge is 2.29. The van der Waals surface area contributed by atoms with E-state index in [4.69, 9.17) is 14.0 Å². The molecule has 9 heteroatoms. The van der Waals surface area contributed by atoms with Crippen molar-refractivity contribution in [2.75, 3.05) is 26.5 Å². The van der Waals surface area contributed by atoms with Crippen molar-refractivity contribution in [1.29, 1.82) is 0 Å². The van der Waals surface area contributed by atoms with Crippen LogP contribution in [0.25, 0.3) is 11.4 Å². The third-order valence-electron chi connectivity index (χ3n) is 5.73. The number of nitrogens with zero attached hydrogens (tertiary/aromatic N) is 3. The van der Waals surface area contributed by atoms with Gasteiger partial charge in [-0.2, -0.15) is 4.98 Å². The first-order chi connectivity index (χ1) is 13.9. The van der Waals surface area contributed by atoms with E-state index in [2.05, 4.69) is 10.1 Å². The molecule has 0 amide bonds. The molecule has 1 aliphatic carbocycles. The zero-order valence-electron chi connectivity index (χ0n) is 16.8. The molecule has 2 aliphatic rings. The van der Waals surface area contributed by atoms with Crippen molar-refractivity contribution in [2.45, 2.75) is 50.5 Å². The summed E-state index contributed by atoms with van der Waals surface area (Å²) in [6.07, 6.45) is 7.32. The fourth-order valence-electron chi connectivity index (χ4n) is 4.05. The van der Waals surface area contributed by atoms with Gasteiger partial charge >= 0.3 is 0 Å². The van der Waals surface area contributed by atoms with Crippen molar-refractivity contribution in [3.8, 4) is 22.9 Å². The van der Waals surface area contributed by atoms with E-state index in [1.54, 1.807) is 7.11 Å². The molecule has 1 saturated heterocycles. The Labute approximate surface area is 171 Å². The maximum absolute atomic E-state index is 11.7. The summed E-state index contributed by atoms with van der Waals surface area (Å²) < 4.78 is 42.0. The zero-order valence-corrected chi connectivity index (χ0v) is 17.7. The molecular weight excluding hydrogens is 394 g/mol. The van der Waals surface area contributed by atoms with Gasteiger partial charge in [-0.15, -0.1) is 0 Å². The van der Waals surface area contributed by atoms with Gasteiger partial charge in [-0.05, 0) is 56.7 Å². The Balaban J connectivity index is 1.49. The monoisotopic (exact) mass is 421 g/mol. The lowest BCUT2D eigenvalue weighted by Crippen LogP contribution is -2.37. The summed E-state index contributed by atoms with van der Waals surface area (Å²) in [6, 6.07) is 5.65. The second-order valence-electron chi connectivity index (χ2n) is 7.78. The SMILES string of the molecule is COc1ccc(-c2noc(C3CCN(S(C)(=O)=O)CC3)n2)cc1OC1CCCC1. The van der Waals surface area contributed by atoms with Gasteiger partial charge in [-0.1, -0.05) is 5.16 Å². The molecule has 158 valence electrons. The molecule has 0 bridgehead atoms. The van der Waals surface area contributed by atoms with Crippen LogP contribution in [0.4, 0.5) is 0 Å². The van der Waals surface area contributed by atoms with Gasteiger partial charge in [-0.25, -0.2) is 12.7 Å². The molecular formula is C20H27N3O5S. The molecule has 0 spiro atoms. The first-order valence-corrected chi connectivity index (χ1v) is 11.9. The molecule has 2 fully saturated rings. The molecule has 0 unspecified atom stereocenters. The van der Waals surface area contributed by atoms with Crippen molar-refractivity contribution in [3.63, 3.8) is 0 Å². The molecule has 0 atom stereocenters. The Morgan fingerprint density at radius 2 is 1.83 bits per heavy atom. The second kappa shape index (κ2) is 8.31. The Kier molecular flexibility index (Phi) is 5.78. The lowest BCUT2D eigenvalue weighted by molar-refractivity contribution is 0.201. The number of hydrogen-bond donors (Lipinski definition) is 0. The van der Waals surface area contributed by atoms with E-state index in [-0.39, 0.29) is 12.0 Å². The fraction of sp³-hybridized carbons (Fsp3) is 0.600. The number of hydrogen-bond acceptors (Lipinski definition) is 7. The number of ether oxygens (including phenoxy) is 2. The molecule has 1 aliphatic heterocycles. The average Bonchev–Trinajstić information content (AvgIpc) is 3.39. The Morgan fingerprint density at radius 1 is 1.10 bits per heavy atom. The van der Waals surface area contributed by atoms with Crippen molar-refractivity contribution < 1.29 is 22.4 Å². The second-order valence-corrected chi connectivity index (χ2v) is 9.76. The summed E-state index contributed by atoms with van der Waals surface area (Å²) in [5, 5.41) is 4.14. The Morgan fingerprint density at radius 3 is 2.48 bits per heavy atom. The van der Waals surface area contributed by atoms with Crippen LogP contribution in [-0.4, -0.2) is 55.4 Å². The van der Waals surface area contributed by atoms with Crippen LogP contribution < -0.4 is 9.47 Å². The largest absolute Gasteiger partial charge is 0.493 e. The summed E-state index contributed by atoms with van der Waals surface area (Å²) in [5.41, 5.74) is 0.808. The number of aromatic nitrogens is 2. The Bertz CT molecular complexity index is 945. The van der Waals surface area contributed by atoms with E-state index in [1.807, 2.05) is 18.2 Å². The van der Waals surface area contributed by atoms with Crippen molar-refractivity contribution in [2.24, 2.45) is 0 Å². The third-order valence-corrected chi connectivity index (χ3v) is 7.03. The first-order valence-electron chi connectivity index (χ1n) is 10.1. The summed E-state index contributed by atoms with van der Waals surface area (Å²) in [4.78, 5) is 4.58. The highest BCUT2D eigenvalue weighted by Crippen LogP contribution is 2.35. The summed E-state index contributed by atoms with van der Waals surface area (Å²) in [5.74, 6) is 2.52. The molecule has 1 aromatic heterocycles. The van der Waals surface area contributed by atoms with Crippen LogP contribution >= 0.6 is 0 Å². The minimum Gasteiger partial charge on any atom is -0.493 e. The van der Waals surface area contributed by atoms with Crippen molar-refractivity contribution in [3.05, 3.63) is 24.1 Å². The summed E-state index contributed by atoms with van der Waals surface area (Å²) >= 11 is 0. The lowest BCUT2D eigenvalue weighted by Gasteiger charge is -2.28. The average molecular weight is 422 g/mol.